The van der Waals surface area contributed by atoms with Gasteiger partial charge in [0.25, 0.3) is 0 Å². The molecule has 2 rings (SSSR count). The average molecular weight is 250 g/mol. The van der Waals surface area contributed by atoms with Crippen LogP contribution >= 0.6 is 0 Å². The Morgan fingerprint density at radius 1 is 1.50 bits per heavy atom. The number of methoxy groups -OCH3 is 1. The quantitative estimate of drug-likeness (QED) is 0.666. The lowest BCUT2D eigenvalue weighted by molar-refractivity contribution is -0.105. The topological polar surface area (TPSA) is 60.3 Å². The minimum atomic E-state index is -0.599. The molecular formula is C12H11FN2O3. The van der Waals surface area contributed by atoms with E-state index in [9.17, 15) is 14.0 Å². The van der Waals surface area contributed by atoms with E-state index in [0.717, 1.165) is 0 Å². The van der Waals surface area contributed by atoms with E-state index >= 15 is 0 Å². The van der Waals surface area contributed by atoms with Crippen LogP contribution in [0.1, 0.15) is 10.5 Å². The Kier molecular flexibility index (Phi) is 3.01. The van der Waals surface area contributed by atoms with Gasteiger partial charge in [-0.1, -0.05) is 0 Å². The normalized spacial score (nSPS) is 10.4. The van der Waals surface area contributed by atoms with Crippen molar-refractivity contribution < 1.29 is 18.7 Å². The summed E-state index contributed by atoms with van der Waals surface area (Å²) >= 11 is 0. The number of hydrogen-bond donors (Lipinski definition) is 1. The molecule has 6 heteroatoms. The molecule has 0 saturated carbocycles. The summed E-state index contributed by atoms with van der Waals surface area (Å²) in [6.07, 6.45) is 0.437. The van der Waals surface area contributed by atoms with E-state index in [0.29, 0.717) is 17.3 Å². The van der Waals surface area contributed by atoms with Crippen molar-refractivity contribution in [1.29, 1.82) is 0 Å². The number of fused-ring (bicyclic) bond motifs is 1. The lowest BCUT2D eigenvalue weighted by Gasteiger charge is -2.04. The van der Waals surface area contributed by atoms with Crippen molar-refractivity contribution in [3.05, 3.63) is 29.7 Å². The van der Waals surface area contributed by atoms with Crippen molar-refractivity contribution in [3.8, 4) is 0 Å². The van der Waals surface area contributed by atoms with Crippen LogP contribution < -0.4 is 5.32 Å². The van der Waals surface area contributed by atoms with E-state index in [1.54, 1.807) is 11.6 Å². The van der Waals surface area contributed by atoms with E-state index in [1.807, 2.05) is 0 Å². The van der Waals surface area contributed by atoms with Crippen LogP contribution in [0.15, 0.2) is 18.2 Å². The van der Waals surface area contributed by atoms with Gasteiger partial charge in [0.1, 0.15) is 5.82 Å². The van der Waals surface area contributed by atoms with Crippen LogP contribution in [0.2, 0.25) is 0 Å². The van der Waals surface area contributed by atoms with Crippen molar-refractivity contribution in [2.75, 3.05) is 12.4 Å². The van der Waals surface area contributed by atoms with Crippen LogP contribution in [0.3, 0.4) is 0 Å². The molecule has 0 atom stereocenters. The zero-order valence-electron chi connectivity index (χ0n) is 9.86. The summed E-state index contributed by atoms with van der Waals surface area (Å²) in [5, 5.41) is 2.86. The molecule has 0 fully saturated rings. The molecule has 0 spiro atoms. The summed E-state index contributed by atoms with van der Waals surface area (Å²) in [5.74, 6) is -1.04. The van der Waals surface area contributed by atoms with Crippen LogP contribution in [0, 0.1) is 5.82 Å². The zero-order chi connectivity index (χ0) is 13.3. The number of amides is 1. The molecular weight excluding hydrogens is 239 g/mol. The van der Waals surface area contributed by atoms with Gasteiger partial charge in [-0.05, 0) is 18.2 Å². The minimum Gasteiger partial charge on any atom is -0.464 e. The molecule has 0 aliphatic rings. The van der Waals surface area contributed by atoms with Gasteiger partial charge in [0, 0.05) is 12.4 Å². The van der Waals surface area contributed by atoms with Crippen molar-refractivity contribution >= 4 is 29.0 Å². The number of benzene rings is 1. The predicted octanol–water partition coefficient (Wildman–Crippen LogP) is 1.67. The number of anilines is 1. The monoisotopic (exact) mass is 250 g/mol. The van der Waals surface area contributed by atoms with Gasteiger partial charge in [-0.2, -0.15) is 0 Å². The largest absolute Gasteiger partial charge is 0.464 e. The first-order valence-corrected chi connectivity index (χ1v) is 5.16. The van der Waals surface area contributed by atoms with Gasteiger partial charge < -0.3 is 14.6 Å². The third-order valence-electron chi connectivity index (χ3n) is 2.74. The standard InChI is InChI=1S/C12H11FN2O3/c1-15-9-4-3-7(13)5-8(9)10(14-6-16)11(15)12(17)18-2/h3-6H,1-2H3,(H,14,16). The Hall–Kier alpha value is -2.37. The lowest BCUT2D eigenvalue weighted by atomic mass is 10.2. The van der Waals surface area contributed by atoms with Gasteiger partial charge in [0.15, 0.2) is 5.69 Å². The molecule has 18 heavy (non-hydrogen) atoms. The van der Waals surface area contributed by atoms with Gasteiger partial charge in [-0.3, -0.25) is 4.79 Å². The second-order valence-electron chi connectivity index (χ2n) is 3.70. The molecule has 0 aliphatic carbocycles. The summed E-state index contributed by atoms with van der Waals surface area (Å²) < 4.78 is 19.4. The van der Waals surface area contributed by atoms with Gasteiger partial charge in [0.05, 0.1) is 18.3 Å². The summed E-state index contributed by atoms with van der Waals surface area (Å²) in [4.78, 5) is 22.3. The van der Waals surface area contributed by atoms with E-state index in [4.69, 9.17) is 0 Å². The van der Waals surface area contributed by atoms with Gasteiger partial charge in [-0.25, -0.2) is 9.18 Å². The maximum Gasteiger partial charge on any atom is 0.356 e. The number of ether oxygens (including phenoxy) is 1. The summed E-state index contributed by atoms with van der Waals surface area (Å²) in [6.45, 7) is 0. The van der Waals surface area contributed by atoms with Crippen molar-refractivity contribution in [2.45, 2.75) is 0 Å². The number of rotatable bonds is 3. The van der Waals surface area contributed by atoms with Crippen LogP contribution in [-0.4, -0.2) is 24.1 Å². The maximum absolute atomic E-state index is 13.2. The number of esters is 1. The molecule has 0 saturated heterocycles. The molecule has 0 radical (unpaired) electrons. The van der Waals surface area contributed by atoms with Crippen molar-refractivity contribution in [3.63, 3.8) is 0 Å². The van der Waals surface area contributed by atoms with Gasteiger partial charge in [-0.15, -0.1) is 0 Å². The number of nitrogens with one attached hydrogen (secondary N) is 1. The Balaban J connectivity index is 2.82. The summed E-state index contributed by atoms with van der Waals surface area (Å²) in [7, 11) is 2.88. The fraction of sp³-hybridized carbons (Fsp3) is 0.167. The number of halogens is 1. The Morgan fingerprint density at radius 3 is 2.83 bits per heavy atom. The van der Waals surface area contributed by atoms with Crippen molar-refractivity contribution in [2.24, 2.45) is 7.05 Å². The highest BCUT2D eigenvalue weighted by atomic mass is 19.1. The molecule has 0 unspecified atom stereocenters. The van der Waals surface area contributed by atoms with E-state index in [-0.39, 0.29) is 11.4 Å². The van der Waals surface area contributed by atoms with Crippen LogP contribution in [-0.2, 0) is 16.6 Å². The number of hydrogen-bond acceptors (Lipinski definition) is 3. The van der Waals surface area contributed by atoms with Crippen LogP contribution in [0.4, 0.5) is 10.1 Å². The maximum atomic E-state index is 13.2. The number of aromatic nitrogens is 1. The van der Waals surface area contributed by atoms with Gasteiger partial charge >= 0.3 is 5.97 Å². The first kappa shape index (κ1) is 12.1. The van der Waals surface area contributed by atoms with Crippen molar-refractivity contribution in [1.82, 2.24) is 4.57 Å². The molecule has 1 N–H and O–H groups in total. The smallest absolute Gasteiger partial charge is 0.356 e. The Morgan fingerprint density at radius 2 is 2.22 bits per heavy atom. The fourth-order valence-corrected chi connectivity index (χ4v) is 1.96. The molecule has 5 nitrogen and oxygen atoms in total. The molecule has 1 heterocycles. The van der Waals surface area contributed by atoms with E-state index in [2.05, 4.69) is 10.1 Å². The lowest BCUT2D eigenvalue weighted by Crippen LogP contribution is -2.10. The first-order valence-electron chi connectivity index (χ1n) is 5.16. The second-order valence-corrected chi connectivity index (χ2v) is 3.70. The molecule has 2 aromatic rings. The molecule has 0 aliphatic heterocycles. The second kappa shape index (κ2) is 4.48. The van der Waals surface area contributed by atoms with E-state index in [1.165, 1.54) is 25.3 Å². The molecule has 94 valence electrons. The highest BCUT2D eigenvalue weighted by Gasteiger charge is 2.21. The van der Waals surface area contributed by atoms with Gasteiger partial charge in [0.2, 0.25) is 6.41 Å². The Labute approximate surface area is 102 Å². The SMILES string of the molecule is COC(=O)c1c(NC=O)c2cc(F)ccc2n1C. The molecule has 1 amide bonds. The number of aryl methyl sites for hydroxylation is 1. The first-order chi connectivity index (χ1) is 8.60. The summed E-state index contributed by atoms with van der Waals surface area (Å²) in [6, 6.07) is 4.08. The van der Waals surface area contributed by atoms with Crippen LogP contribution in [0.25, 0.3) is 10.9 Å². The fourth-order valence-electron chi connectivity index (χ4n) is 1.96. The van der Waals surface area contributed by atoms with Crippen LogP contribution in [0.5, 0.6) is 0 Å². The predicted molar refractivity (Wildman–Crippen MR) is 63.9 cm³/mol. The highest BCUT2D eigenvalue weighted by Crippen LogP contribution is 2.31. The number of carbonyl (C=O) groups excluding carboxylic acids is 2. The number of carbonyl (C=O) groups is 2. The highest BCUT2D eigenvalue weighted by molar-refractivity contribution is 6.09. The Bertz CT molecular complexity index is 634. The number of nitrogens with zero attached hydrogens (tertiary/aromatic N) is 1. The molecule has 1 aromatic carbocycles. The molecule has 1 aromatic heterocycles. The third-order valence-corrected chi connectivity index (χ3v) is 2.74. The minimum absolute atomic E-state index is 0.171. The molecule has 0 bridgehead atoms. The zero-order valence-corrected chi connectivity index (χ0v) is 9.86. The third kappa shape index (κ3) is 1.71. The van der Waals surface area contributed by atoms with E-state index < -0.39 is 11.8 Å². The average Bonchev–Trinajstić information content (AvgIpc) is 2.62. The summed E-state index contributed by atoms with van der Waals surface area (Å²) in [5.41, 5.74) is 1.04.